The number of rotatable bonds is 4. The molecule has 0 fully saturated rings. The number of aromatic amines is 1. The van der Waals surface area contributed by atoms with Gasteiger partial charge in [0.05, 0.1) is 33.8 Å². The average molecular weight is 782 g/mol. The van der Waals surface area contributed by atoms with Crippen molar-refractivity contribution in [2.75, 3.05) is 0 Å². The molecule has 2 aliphatic heterocycles. The fraction of sp³-hybridized carbons (Fsp3) is 0.154. The molecule has 8 bridgehead atoms. The van der Waals surface area contributed by atoms with Crippen LogP contribution in [-0.2, 0) is 17.1 Å². The zero-order valence-corrected chi connectivity index (χ0v) is 35.0. The van der Waals surface area contributed by atoms with Crippen LogP contribution >= 0.6 is 0 Å². The molecule has 0 saturated heterocycles. The van der Waals surface area contributed by atoms with Crippen molar-refractivity contribution in [2.45, 2.75) is 55.4 Å². The number of hydrogen-bond acceptors (Lipinski definition) is 2. The van der Waals surface area contributed by atoms with Crippen LogP contribution in [0.4, 0.5) is 0 Å². The molecule has 3 aromatic heterocycles. The van der Waals surface area contributed by atoms with E-state index in [1.165, 1.54) is 66.8 Å². The molecule has 57 heavy (non-hydrogen) atoms. The molecule has 9 rings (SSSR count). The number of aromatic nitrogens is 4. The second-order valence-corrected chi connectivity index (χ2v) is 15.5. The Bertz CT molecular complexity index is 3010. The quantitative estimate of drug-likeness (QED) is 0.181. The van der Waals surface area contributed by atoms with Crippen molar-refractivity contribution in [3.63, 3.8) is 0 Å². The molecule has 5 heterocycles. The first kappa shape index (κ1) is 37.9. The molecule has 1 radical (unpaired) electrons. The van der Waals surface area contributed by atoms with Crippen molar-refractivity contribution >= 4 is 46.4 Å². The van der Waals surface area contributed by atoms with Gasteiger partial charge in [0.15, 0.2) is 0 Å². The van der Waals surface area contributed by atoms with Gasteiger partial charge in [0.2, 0.25) is 0 Å². The van der Waals surface area contributed by atoms with Gasteiger partial charge in [-0.1, -0.05) is 66.7 Å². The molecule has 0 unspecified atom stereocenters. The van der Waals surface area contributed by atoms with Crippen molar-refractivity contribution in [3.8, 4) is 39.1 Å². The Kier molecular flexibility index (Phi) is 9.85. The molecule has 0 spiro atoms. The zero-order valence-electron chi connectivity index (χ0n) is 33.8. The van der Waals surface area contributed by atoms with Crippen LogP contribution in [-0.4, -0.2) is 19.5 Å². The number of nitrogens with zero attached hydrogens (tertiary/aromatic N) is 3. The van der Waals surface area contributed by atoms with Gasteiger partial charge in [-0.2, -0.15) is 0 Å². The van der Waals surface area contributed by atoms with Crippen LogP contribution in [0, 0.1) is 55.4 Å². The molecule has 5 heteroatoms. The molecule has 1 N–H and O–H groups in total. The summed E-state index contributed by atoms with van der Waals surface area (Å²) in [6.07, 6.45) is 8.61. The van der Waals surface area contributed by atoms with Crippen molar-refractivity contribution < 1.29 is 17.1 Å². The van der Waals surface area contributed by atoms with E-state index in [2.05, 4.69) is 192 Å². The maximum atomic E-state index is 5.47. The van der Waals surface area contributed by atoms with Gasteiger partial charge < -0.3 is 9.55 Å². The minimum atomic E-state index is 0. The zero-order chi connectivity index (χ0) is 38.8. The van der Waals surface area contributed by atoms with E-state index in [4.69, 9.17) is 9.97 Å². The van der Waals surface area contributed by atoms with Crippen molar-refractivity contribution in [1.82, 2.24) is 19.5 Å². The number of nitrogens with one attached hydrogen (secondary N) is 1. The smallest absolute Gasteiger partial charge is 0.0737 e. The molecule has 7 aromatic rings. The molecule has 0 saturated carbocycles. The second-order valence-electron chi connectivity index (χ2n) is 15.5. The summed E-state index contributed by atoms with van der Waals surface area (Å²) in [5, 5.41) is 0. The van der Waals surface area contributed by atoms with E-state index in [0.29, 0.717) is 0 Å². The number of fused-ring (bicyclic) bond motifs is 8. The minimum absolute atomic E-state index is 0. The van der Waals surface area contributed by atoms with Crippen LogP contribution in [0.2, 0.25) is 0 Å². The van der Waals surface area contributed by atoms with E-state index in [1.807, 2.05) is 0 Å². The van der Waals surface area contributed by atoms with Crippen LogP contribution in [0.3, 0.4) is 0 Å². The summed E-state index contributed by atoms with van der Waals surface area (Å²) in [6, 6.07) is 37.6. The average Bonchev–Trinajstić information content (AvgIpc) is 3.99. The summed E-state index contributed by atoms with van der Waals surface area (Å²) in [5.74, 6) is 0. The number of hydrogen-bond donors (Lipinski definition) is 1. The van der Waals surface area contributed by atoms with Crippen molar-refractivity contribution in [1.29, 1.82) is 0 Å². The molecule has 281 valence electrons. The Morgan fingerprint density at radius 3 is 1.47 bits per heavy atom. The first-order valence-corrected chi connectivity index (χ1v) is 19.5. The first-order chi connectivity index (χ1) is 27.1. The van der Waals surface area contributed by atoms with Crippen LogP contribution in [0.25, 0.3) is 85.4 Å². The Hall–Kier alpha value is -6.00. The maximum absolute atomic E-state index is 5.47. The number of benzene rings is 4. The molecule has 0 atom stereocenters. The van der Waals surface area contributed by atoms with Crippen LogP contribution in [0.1, 0.15) is 67.3 Å². The monoisotopic (exact) mass is 781 g/mol. The first-order valence-electron chi connectivity index (χ1n) is 19.5. The third-order valence-electron chi connectivity index (χ3n) is 12.1. The Morgan fingerprint density at radius 2 is 0.895 bits per heavy atom. The van der Waals surface area contributed by atoms with E-state index in [1.54, 1.807) is 0 Å². The van der Waals surface area contributed by atoms with Crippen LogP contribution in [0.5, 0.6) is 0 Å². The van der Waals surface area contributed by atoms with Gasteiger partial charge in [-0.25, -0.2) is 9.97 Å². The van der Waals surface area contributed by atoms with Gasteiger partial charge in [0.25, 0.3) is 0 Å². The van der Waals surface area contributed by atoms with E-state index < -0.39 is 0 Å². The largest absolute Gasteiger partial charge is 0.355 e. The Balaban J connectivity index is 0.00000455. The maximum Gasteiger partial charge on any atom is 0.0737 e. The SMILES string of the molecule is Cc1cccc(-c2c(-c3cccc(C)c3C)c3c(-c4cccc(C)c4C)c4nc(cc5ccc(cc6nc(cc2n3-c2cccc(C)c2C)C=C6)[nH]5)C=C4)c1C.[Mn]. The third-order valence-corrected chi connectivity index (χ3v) is 12.1. The topological polar surface area (TPSA) is 46.5 Å². The number of aryl methyl sites for hydroxylation is 4. The van der Waals surface area contributed by atoms with Crippen molar-refractivity contribution in [3.05, 3.63) is 170 Å². The van der Waals surface area contributed by atoms with Gasteiger partial charge in [0.1, 0.15) is 0 Å². The summed E-state index contributed by atoms with van der Waals surface area (Å²) in [7, 11) is 0. The van der Waals surface area contributed by atoms with E-state index in [9.17, 15) is 0 Å². The fourth-order valence-electron chi connectivity index (χ4n) is 8.39. The molecule has 2 aliphatic rings. The van der Waals surface area contributed by atoms with Crippen LogP contribution < -0.4 is 0 Å². The molecular weight excluding hydrogens is 736 g/mol. The van der Waals surface area contributed by atoms with Crippen molar-refractivity contribution in [2.24, 2.45) is 0 Å². The van der Waals surface area contributed by atoms with E-state index in [-0.39, 0.29) is 17.1 Å². The second kappa shape index (κ2) is 14.8. The summed E-state index contributed by atoms with van der Waals surface area (Å²) in [4.78, 5) is 14.3. The van der Waals surface area contributed by atoms with Gasteiger partial charge >= 0.3 is 0 Å². The molecule has 4 aromatic carbocycles. The fourth-order valence-corrected chi connectivity index (χ4v) is 8.39. The summed E-state index contributed by atoms with van der Waals surface area (Å²) < 4.78 is 2.53. The molecule has 4 nitrogen and oxygen atoms in total. The van der Waals surface area contributed by atoms with Crippen LogP contribution in [0.15, 0.2) is 103 Å². The van der Waals surface area contributed by atoms with Gasteiger partial charge in [-0.05, 0) is 177 Å². The third kappa shape index (κ3) is 6.51. The number of H-pyrrole nitrogens is 1. The van der Waals surface area contributed by atoms with E-state index >= 15 is 0 Å². The Morgan fingerprint density at radius 1 is 0.439 bits per heavy atom. The normalized spacial score (nSPS) is 11.9. The predicted octanol–water partition coefficient (Wildman–Crippen LogP) is 13.6. The summed E-state index contributed by atoms with van der Waals surface area (Å²) in [5.41, 5.74) is 25.9. The Labute approximate surface area is 346 Å². The molecule has 0 amide bonds. The van der Waals surface area contributed by atoms with Gasteiger partial charge in [-0.15, -0.1) is 0 Å². The minimum Gasteiger partial charge on any atom is -0.355 e. The standard InChI is InChI=1S/C52H46N4.Mn/c1-30-13-9-17-43(34(30)5)49-46-26-25-41(55-46)28-40-22-21-38(53-40)27-39-23-24-42(54-39)29-48-50(44-18-10-14-31(2)35(44)6)51(45-19-11-15-32(3)36(45)7)52(49)56(48)47-20-12-16-33(4)37(47)8;/h9-29,53H,1-8H3;. The molecular formula is C52H46MnN4. The predicted molar refractivity (Wildman–Crippen MR) is 238 cm³/mol. The van der Waals surface area contributed by atoms with E-state index in [0.717, 1.165) is 61.7 Å². The summed E-state index contributed by atoms with van der Waals surface area (Å²) >= 11 is 0. The van der Waals surface area contributed by atoms with Gasteiger partial charge in [0, 0.05) is 50.5 Å². The van der Waals surface area contributed by atoms with Gasteiger partial charge in [-0.3, -0.25) is 0 Å². The summed E-state index contributed by atoms with van der Waals surface area (Å²) in [6.45, 7) is 17.9. The molecule has 0 aliphatic carbocycles.